The molecule has 0 atom stereocenters. The van der Waals surface area contributed by atoms with Gasteiger partial charge in [-0.25, -0.2) is 0 Å². The van der Waals surface area contributed by atoms with E-state index in [-0.39, 0.29) is 0 Å². The number of aromatic nitrogens is 1. The number of benzene rings is 1. The molecule has 17 heavy (non-hydrogen) atoms. The summed E-state index contributed by atoms with van der Waals surface area (Å²) in [5, 5.41) is 5.77. The van der Waals surface area contributed by atoms with Crippen molar-refractivity contribution in [2.75, 3.05) is 6.54 Å². The highest BCUT2D eigenvalue weighted by molar-refractivity contribution is 6.31. The number of hydrogen-bond acceptors (Lipinski definition) is 1. The lowest BCUT2D eigenvalue weighted by Gasteiger charge is -2.24. The highest BCUT2D eigenvalue weighted by Gasteiger charge is 2.49. The third kappa shape index (κ3) is 1.20. The van der Waals surface area contributed by atoms with Gasteiger partial charge in [-0.2, -0.15) is 0 Å². The molecule has 2 aliphatic rings. The van der Waals surface area contributed by atoms with E-state index >= 15 is 0 Å². The van der Waals surface area contributed by atoms with Crippen molar-refractivity contribution in [1.29, 1.82) is 0 Å². The van der Waals surface area contributed by atoms with Gasteiger partial charge in [-0.3, -0.25) is 0 Å². The summed E-state index contributed by atoms with van der Waals surface area (Å²) >= 11 is 6.16. The molecule has 0 unspecified atom stereocenters. The van der Waals surface area contributed by atoms with Crippen LogP contribution in [0.5, 0.6) is 0 Å². The third-order valence-corrected chi connectivity index (χ3v) is 4.66. The van der Waals surface area contributed by atoms with E-state index in [0.717, 1.165) is 18.1 Å². The lowest BCUT2D eigenvalue weighted by Crippen LogP contribution is -2.33. The Bertz CT molecular complexity index is 623. The van der Waals surface area contributed by atoms with Crippen molar-refractivity contribution in [3.8, 4) is 0 Å². The summed E-state index contributed by atoms with van der Waals surface area (Å²) in [6, 6.07) is 6.27. The van der Waals surface area contributed by atoms with Crippen molar-refractivity contribution in [2.24, 2.45) is 7.05 Å². The summed E-state index contributed by atoms with van der Waals surface area (Å²) in [5.74, 6) is 0. The molecule has 1 aromatic carbocycles. The van der Waals surface area contributed by atoms with Crippen molar-refractivity contribution >= 4 is 22.5 Å². The first-order valence-corrected chi connectivity index (χ1v) is 6.57. The van der Waals surface area contributed by atoms with Gasteiger partial charge < -0.3 is 9.88 Å². The first-order valence-electron chi connectivity index (χ1n) is 6.19. The van der Waals surface area contributed by atoms with Gasteiger partial charge in [-0.1, -0.05) is 11.6 Å². The van der Waals surface area contributed by atoms with E-state index in [2.05, 4.69) is 29.1 Å². The molecule has 0 saturated heterocycles. The topological polar surface area (TPSA) is 17.0 Å². The maximum atomic E-state index is 6.16. The molecule has 3 heteroatoms. The average molecular weight is 247 g/mol. The van der Waals surface area contributed by atoms with Crippen molar-refractivity contribution < 1.29 is 0 Å². The largest absolute Gasteiger partial charge is 0.346 e. The number of nitrogens with zero attached hydrogens (tertiary/aromatic N) is 1. The first kappa shape index (κ1) is 9.98. The van der Waals surface area contributed by atoms with E-state index < -0.39 is 0 Å². The van der Waals surface area contributed by atoms with Gasteiger partial charge in [0.25, 0.3) is 0 Å². The fraction of sp³-hybridized carbons (Fsp3) is 0.429. The summed E-state index contributed by atoms with van der Waals surface area (Å²) in [7, 11) is 2.16. The Morgan fingerprint density at radius 3 is 2.94 bits per heavy atom. The van der Waals surface area contributed by atoms with Gasteiger partial charge in [-0.05, 0) is 36.6 Å². The fourth-order valence-electron chi connectivity index (χ4n) is 3.35. The van der Waals surface area contributed by atoms with Crippen LogP contribution in [0.15, 0.2) is 18.2 Å². The molecular formula is C14H15ClN2. The number of nitrogens with one attached hydrogen (secondary N) is 1. The third-order valence-electron chi connectivity index (χ3n) is 4.42. The normalized spacial score (nSPS) is 20.8. The molecule has 0 amide bonds. The minimum atomic E-state index is 0.414. The van der Waals surface area contributed by atoms with E-state index in [0.29, 0.717) is 5.41 Å². The molecule has 2 heterocycles. The maximum absolute atomic E-state index is 6.16. The smallest absolute Gasteiger partial charge is 0.0484 e. The number of hydrogen-bond donors (Lipinski definition) is 1. The van der Waals surface area contributed by atoms with Crippen LogP contribution in [0.1, 0.15) is 24.1 Å². The predicted molar refractivity (Wildman–Crippen MR) is 70.5 cm³/mol. The van der Waals surface area contributed by atoms with Crippen LogP contribution in [0.3, 0.4) is 0 Å². The van der Waals surface area contributed by atoms with Gasteiger partial charge in [0.1, 0.15) is 0 Å². The van der Waals surface area contributed by atoms with Crippen molar-refractivity contribution in [1.82, 2.24) is 9.88 Å². The molecule has 1 fully saturated rings. The summed E-state index contributed by atoms with van der Waals surface area (Å²) in [4.78, 5) is 0. The second-order valence-electron chi connectivity index (χ2n) is 5.43. The molecule has 2 aromatic rings. The number of fused-ring (bicyclic) bond motifs is 4. The maximum Gasteiger partial charge on any atom is 0.0484 e. The minimum Gasteiger partial charge on any atom is -0.346 e. The molecule has 1 aliphatic carbocycles. The fourth-order valence-corrected chi connectivity index (χ4v) is 3.53. The van der Waals surface area contributed by atoms with Crippen molar-refractivity contribution in [3.05, 3.63) is 34.5 Å². The van der Waals surface area contributed by atoms with Crippen LogP contribution in [0.25, 0.3) is 10.9 Å². The Kier molecular flexibility index (Phi) is 1.80. The zero-order valence-electron chi connectivity index (χ0n) is 9.89. The molecule has 1 aliphatic heterocycles. The Hall–Kier alpha value is -0.990. The standard InChI is InChI=1S/C14H15ClN2/c1-17-11-3-2-9(15)6-10(11)13-12(17)7-16-8-14(13)4-5-14/h2-3,6,16H,4-5,7-8H2,1H3. The molecule has 1 N–H and O–H groups in total. The van der Waals surface area contributed by atoms with Crippen LogP contribution in [0, 0.1) is 0 Å². The number of rotatable bonds is 0. The van der Waals surface area contributed by atoms with Crippen LogP contribution in [-0.4, -0.2) is 11.1 Å². The second kappa shape index (κ2) is 3.06. The summed E-state index contributed by atoms with van der Waals surface area (Å²) < 4.78 is 2.33. The Labute approximate surface area is 106 Å². The van der Waals surface area contributed by atoms with Crippen LogP contribution in [-0.2, 0) is 19.0 Å². The number of halogens is 1. The van der Waals surface area contributed by atoms with Gasteiger partial charge in [-0.15, -0.1) is 0 Å². The van der Waals surface area contributed by atoms with Gasteiger partial charge in [0.2, 0.25) is 0 Å². The monoisotopic (exact) mass is 246 g/mol. The minimum absolute atomic E-state index is 0.414. The van der Waals surface area contributed by atoms with E-state index in [1.165, 1.54) is 29.4 Å². The van der Waals surface area contributed by atoms with Crippen LogP contribution >= 0.6 is 11.6 Å². The first-order chi connectivity index (χ1) is 8.21. The lowest BCUT2D eigenvalue weighted by atomic mass is 9.90. The van der Waals surface area contributed by atoms with Gasteiger partial charge in [0.15, 0.2) is 0 Å². The Morgan fingerprint density at radius 1 is 1.35 bits per heavy atom. The number of aryl methyl sites for hydroxylation is 1. The van der Waals surface area contributed by atoms with E-state index in [4.69, 9.17) is 11.6 Å². The molecule has 88 valence electrons. The zero-order valence-corrected chi connectivity index (χ0v) is 10.6. The van der Waals surface area contributed by atoms with E-state index in [9.17, 15) is 0 Å². The van der Waals surface area contributed by atoms with Crippen LogP contribution in [0.4, 0.5) is 0 Å². The lowest BCUT2D eigenvalue weighted by molar-refractivity contribution is 0.518. The molecule has 2 nitrogen and oxygen atoms in total. The van der Waals surface area contributed by atoms with E-state index in [1.807, 2.05) is 6.07 Å². The zero-order chi connectivity index (χ0) is 11.6. The molecular weight excluding hydrogens is 232 g/mol. The quantitative estimate of drug-likeness (QED) is 0.756. The van der Waals surface area contributed by atoms with Crippen LogP contribution < -0.4 is 5.32 Å². The second-order valence-corrected chi connectivity index (χ2v) is 5.86. The predicted octanol–water partition coefficient (Wildman–Crippen LogP) is 2.97. The molecule has 1 aromatic heterocycles. The van der Waals surface area contributed by atoms with E-state index in [1.54, 1.807) is 5.56 Å². The highest BCUT2D eigenvalue weighted by atomic mass is 35.5. The van der Waals surface area contributed by atoms with Gasteiger partial charge in [0.05, 0.1) is 0 Å². The molecule has 4 rings (SSSR count). The van der Waals surface area contributed by atoms with Crippen LogP contribution in [0.2, 0.25) is 5.02 Å². The highest BCUT2D eigenvalue weighted by Crippen LogP contribution is 2.53. The molecule has 0 radical (unpaired) electrons. The summed E-state index contributed by atoms with van der Waals surface area (Å²) in [5.41, 5.74) is 4.74. The Balaban J connectivity index is 2.13. The van der Waals surface area contributed by atoms with Gasteiger partial charge >= 0.3 is 0 Å². The molecule has 0 bridgehead atoms. The SMILES string of the molecule is Cn1c2c(c3cc(Cl)ccc31)C1(CC1)CNC2. The summed E-state index contributed by atoms with van der Waals surface area (Å²) in [6.07, 6.45) is 2.64. The molecule has 1 saturated carbocycles. The Morgan fingerprint density at radius 2 is 2.18 bits per heavy atom. The van der Waals surface area contributed by atoms with Crippen molar-refractivity contribution in [3.63, 3.8) is 0 Å². The van der Waals surface area contributed by atoms with Gasteiger partial charge in [0, 0.05) is 47.2 Å². The molecule has 1 spiro atoms. The summed E-state index contributed by atoms with van der Waals surface area (Å²) in [6.45, 7) is 2.12. The average Bonchev–Trinajstić information content (AvgIpc) is 3.01. The van der Waals surface area contributed by atoms with Crippen molar-refractivity contribution in [2.45, 2.75) is 24.8 Å².